The topological polar surface area (TPSA) is 32.9 Å². The highest BCUT2D eigenvalue weighted by atomic mass is 19.1. The zero-order valence-electron chi connectivity index (χ0n) is 17.0. The Morgan fingerprint density at radius 3 is 2.04 bits per heavy atom. The summed E-state index contributed by atoms with van der Waals surface area (Å²) in [7, 11) is 0. The third kappa shape index (κ3) is 4.80. The number of pyridine rings is 1. The van der Waals surface area contributed by atoms with Crippen LogP contribution in [0.15, 0.2) is 23.0 Å². The highest BCUT2D eigenvalue weighted by Crippen LogP contribution is 2.28. The summed E-state index contributed by atoms with van der Waals surface area (Å²) in [5.41, 5.74) is 2.36. The fraction of sp³-hybridized carbons (Fsp3) is 0.500. The lowest BCUT2D eigenvalue weighted by Gasteiger charge is -2.26. The molecule has 2 nitrogen and oxygen atoms in total. The van der Waals surface area contributed by atoms with Crippen LogP contribution in [0, 0.1) is 18.6 Å². The minimum Gasteiger partial charge on any atom is -0.325 e. The molecule has 0 amide bonds. The van der Waals surface area contributed by atoms with Gasteiger partial charge in [0.05, 0.1) is 0 Å². The van der Waals surface area contributed by atoms with E-state index >= 15 is 0 Å². The standard InChI is InChI=1S/C20H25F2NO.C2H6.H2/c1-6-13-10-14(19(24)23-18(13)20(4,5)7-2)11-15-16(21)8-12(3)9-17(15)22;1-2;/h8-10H,6-7,11H2,1-5H3,(H,23,24);1-2H3;1H. The molecule has 0 atom stereocenters. The van der Waals surface area contributed by atoms with Crippen LogP contribution in [0.5, 0.6) is 0 Å². The van der Waals surface area contributed by atoms with Gasteiger partial charge in [-0.2, -0.15) is 0 Å². The number of H-pyrrole nitrogens is 1. The van der Waals surface area contributed by atoms with Gasteiger partial charge in [0.15, 0.2) is 0 Å². The lowest BCUT2D eigenvalue weighted by atomic mass is 9.82. The van der Waals surface area contributed by atoms with Crippen molar-refractivity contribution in [3.63, 3.8) is 0 Å². The molecule has 0 saturated carbocycles. The Morgan fingerprint density at radius 2 is 1.58 bits per heavy atom. The second-order valence-electron chi connectivity index (χ2n) is 7.00. The number of rotatable bonds is 5. The van der Waals surface area contributed by atoms with Crippen molar-refractivity contribution in [2.75, 3.05) is 0 Å². The van der Waals surface area contributed by atoms with E-state index in [1.54, 1.807) is 13.0 Å². The molecule has 0 aliphatic heterocycles. The molecule has 146 valence electrons. The fourth-order valence-electron chi connectivity index (χ4n) is 2.90. The fourth-order valence-corrected chi connectivity index (χ4v) is 2.90. The zero-order chi connectivity index (χ0) is 20.1. The molecule has 0 spiro atoms. The largest absolute Gasteiger partial charge is 0.325 e. The van der Waals surface area contributed by atoms with E-state index in [1.165, 1.54) is 12.1 Å². The van der Waals surface area contributed by atoms with E-state index in [0.29, 0.717) is 11.1 Å². The Bertz CT molecular complexity index is 789. The summed E-state index contributed by atoms with van der Waals surface area (Å²) >= 11 is 0. The predicted molar refractivity (Wildman–Crippen MR) is 107 cm³/mol. The number of aromatic amines is 1. The molecular weight excluding hydrogens is 332 g/mol. The average molecular weight is 366 g/mol. The number of aryl methyl sites for hydroxylation is 2. The highest BCUT2D eigenvalue weighted by molar-refractivity contribution is 5.35. The van der Waals surface area contributed by atoms with Crippen LogP contribution in [0.25, 0.3) is 0 Å². The maximum atomic E-state index is 14.1. The number of benzene rings is 1. The summed E-state index contributed by atoms with van der Waals surface area (Å²) in [6.07, 6.45) is 1.59. The van der Waals surface area contributed by atoms with Gasteiger partial charge in [-0.05, 0) is 49.1 Å². The number of halogens is 2. The lowest BCUT2D eigenvalue weighted by molar-refractivity contribution is 0.483. The molecule has 1 heterocycles. The Hall–Kier alpha value is -1.97. The smallest absolute Gasteiger partial charge is 0.251 e. The van der Waals surface area contributed by atoms with Crippen LogP contribution >= 0.6 is 0 Å². The molecule has 0 bridgehead atoms. The van der Waals surface area contributed by atoms with Gasteiger partial charge in [0.2, 0.25) is 0 Å². The van der Waals surface area contributed by atoms with E-state index in [4.69, 9.17) is 0 Å². The molecule has 0 unspecified atom stereocenters. The summed E-state index contributed by atoms with van der Waals surface area (Å²) in [4.78, 5) is 15.4. The van der Waals surface area contributed by atoms with Crippen LogP contribution in [-0.4, -0.2) is 4.98 Å². The van der Waals surface area contributed by atoms with Gasteiger partial charge in [-0.15, -0.1) is 0 Å². The first-order valence-corrected chi connectivity index (χ1v) is 9.39. The van der Waals surface area contributed by atoms with Gasteiger partial charge in [0.25, 0.3) is 5.56 Å². The van der Waals surface area contributed by atoms with Crippen molar-refractivity contribution in [2.45, 2.75) is 73.1 Å². The van der Waals surface area contributed by atoms with Crippen molar-refractivity contribution >= 4 is 0 Å². The van der Waals surface area contributed by atoms with E-state index in [-0.39, 0.29) is 24.4 Å². The SMILES string of the molecule is CC.CCc1cc(Cc2c(F)cc(C)cc2F)c(=O)[nH]c1C(C)(C)CC.[HH]. The highest BCUT2D eigenvalue weighted by Gasteiger charge is 2.23. The maximum absolute atomic E-state index is 14.1. The van der Waals surface area contributed by atoms with Crippen LogP contribution in [0.2, 0.25) is 0 Å². The van der Waals surface area contributed by atoms with Crippen molar-refractivity contribution < 1.29 is 10.2 Å². The van der Waals surface area contributed by atoms with Crippen LogP contribution < -0.4 is 5.56 Å². The average Bonchev–Trinajstić information content (AvgIpc) is 2.60. The molecule has 0 radical (unpaired) electrons. The molecule has 1 aromatic carbocycles. The van der Waals surface area contributed by atoms with Gasteiger partial charge >= 0.3 is 0 Å². The van der Waals surface area contributed by atoms with Gasteiger partial charge in [-0.25, -0.2) is 8.78 Å². The normalized spacial score (nSPS) is 11.1. The quantitative estimate of drug-likeness (QED) is 0.685. The second kappa shape index (κ2) is 9.11. The lowest BCUT2D eigenvalue weighted by Crippen LogP contribution is -2.26. The molecule has 2 rings (SSSR count). The van der Waals surface area contributed by atoms with Crippen LogP contribution in [-0.2, 0) is 18.3 Å². The minimum atomic E-state index is -0.608. The van der Waals surface area contributed by atoms with Gasteiger partial charge in [0.1, 0.15) is 11.6 Å². The summed E-state index contributed by atoms with van der Waals surface area (Å²) < 4.78 is 28.2. The molecule has 2 aromatic rings. The van der Waals surface area contributed by atoms with E-state index in [1.807, 2.05) is 20.8 Å². The number of nitrogens with one attached hydrogen (secondary N) is 1. The van der Waals surface area contributed by atoms with Crippen LogP contribution in [0.1, 0.15) is 77.3 Å². The Labute approximate surface area is 157 Å². The number of hydrogen-bond donors (Lipinski definition) is 1. The van der Waals surface area contributed by atoms with E-state index in [2.05, 4.69) is 25.8 Å². The Kier molecular flexibility index (Phi) is 7.73. The summed E-state index contributed by atoms with van der Waals surface area (Å²) in [5.74, 6) is -1.22. The first-order chi connectivity index (χ1) is 12.2. The van der Waals surface area contributed by atoms with Crippen molar-refractivity contribution in [1.82, 2.24) is 4.98 Å². The van der Waals surface area contributed by atoms with Gasteiger partial charge in [0, 0.05) is 30.1 Å². The first kappa shape index (κ1) is 22.1. The van der Waals surface area contributed by atoms with Crippen molar-refractivity contribution in [3.05, 3.63) is 68.1 Å². The number of aromatic nitrogens is 1. The van der Waals surface area contributed by atoms with Crippen LogP contribution in [0.3, 0.4) is 0 Å². The van der Waals surface area contributed by atoms with Crippen molar-refractivity contribution in [2.24, 2.45) is 0 Å². The first-order valence-electron chi connectivity index (χ1n) is 9.39. The Morgan fingerprint density at radius 1 is 1.04 bits per heavy atom. The molecule has 1 N–H and O–H groups in total. The molecule has 1 aromatic heterocycles. The van der Waals surface area contributed by atoms with Crippen LogP contribution in [0.4, 0.5) is 8.78 Å². The third-order valence-corrected chi connectivity index (χ3v) is 4.79. The maximum Gasteiger partial charge on any atom is 0.251 e. The molecule has 0 fully saturated rings. The molecule has 0 saturated heterocycles. The van der Waals surface area contributed by atoms with E-state index < -0.39 is 11.6 Å². The zero-order valence-corrected chi connectivity index (χ0v) is 17.0. The Balaban J connectivity index is 0.00000218. The molecule has 26 heavy (non-hydrogen) atoms. The van der Waals surface area contributed by atoms with Gasteiger partial charge in [-0.1, -0.05) is 41.5 Å². The predicted octanol–water partition coefficient (Wildman–Crippen LogP) is 6.07. The summed E-state index contributed by atoms with van der Waals surface area (Å²) in [6.45, 7) is 13.9. The molecule has 4 heteroatoms. The second-order valence-corrected chi connectivity index (χ2v) is 7.00. The minimum absolute atomic E-state index is 0. The summed E-state index contributed by atoms with van der Waals surface area (Å²) in [6, 6.07) is 4.38. The third-order valence-electron chi connectivity index (χ3n) is 4.79. The number of hydrogen-bond acceptors (Lipinski definition) is 1. The summed E-state index contributed by atoms with van der Waals surface area (Å²) in [5, 5.41) is 0. The molecule has 0 aliphatic carbocycles. The molecule has 0 aliphatic rings. The van der Waals surface area contributed by atoms with Gasteiger partial charge < -0.3 is 4.98 Å². The van der Waals surface area contributed by atoms with Gasteiger partial charge in [-0.3, -0.25) is 4.79 Å². The van der Waals surface area contributed by atoms with Crippen molar-refractivity contribution in [3.8, 4) is 0 Å². The molecular formula is C22H33F2NO. The van der Waals surface area contributed by atoms with E-state index in [9.17, 15) is 13.6 Å². The van der Waals surface area contributed by atoms with E-state index in [0.717, 1.165) is 24.1 Å². The monoisotopic (exact) mass is 365 g/mol. The van der Waals surface area contributed by atoms with Crippen molar-refractivity contribution in [1.29, 1.82) is 0 Å².